The number of rotatable bonds is 7. The van der Waals surface area contributed by atoms with Crippen LogP contribution in [0.4, 0.5) is 5.69 Å². The number of aromatic hydroxyl groups is 1. The topological polar surface area (TPSA) is 63.9 Å². The summed E-state index contributed by atoms with van der Waals surface area (Å²) in [5.74, 6) is 1.80. The van der Waals surface area contributed by atoms with Gasteiger partial charge in [0.15, 0.2) is 0 Å². The number of benzene rings is 4. The minimum atomic E-state index is -0.688. The fourth-order valence-electron chi connectivity index (χ4n) is 4.14. The van der Waals surface area contributed by atoms with Crippen molar-refractivity contribution in [1.29, 1.82) is 0 Å². The van der Waals surface area contributed by atoms with Crippen LogP contribution in [0.5, 0.6) is 17.2 Å². The highest BCUT2D eigenvalue weighted by Gasteiger charge is 2.11. The second-order valence-corrected chi connectivity index (χ2v) is 10.7. The molecule has 1 radical (unpaired) electrons. The summed E-state index contributed by atoms with van der Waals surface area (Å²) in [5.41, 5.74) is 9.07. The largest absolute Gasteiger partial charge is 0.881 e. The van der Waals surface area contributed by atoms with Crippen LogP contribution >= 0.6 is 0 Å². The molecule has 0 aliphatic carbocycles. The lowest BCUT2D eigenvalue weighted by atomic mass is 10.0. The van der Waals surface area contributed by atoms with Crippen LogP contribution in [0, 0.1) is 13.8 Å². The Morgan fingerprint density at radius 1 is 0.805 bits per heavy atom. The number of para-hydroxylation sites is 2. The zero-order valence-electron chi connectivity index (χ0n) is 24.2. The van der Waals surface area contributed by atoms with E-state index in [1.807, 2.05) is 89.2 Å². The second kappa shape index (κ2) is 13.8. The Bertz CT molecular complexity index is 1690. The molecule has 1 heterocycles. The smallest absolute Gasteiger partial charge is 0.616 e. The third kappa shape index (κ3) is 8.08. The maximum Gasteiger partial charge on any atom is 0.881 e. The Hall–Kier alpha value is -4.37. The summed E-state index contributed by atoms with van der Waals surface area (Å²) in [6.07, 6.45) is 0. The number of hydrogen-bond donors (Lipinski definition) is 1. The van der Waals surface area contributed by atoms with Gasteiger partial charge in [-0.25, -0.2) is 4.98 Å². The van der Waals surface area contributed by atoms with Gasteiger partial charge in [-0.1, -0.05) is 72.8 Å². The van der Waals surface area contributed by atoms with Gasteiger partial charge in [-0.2, -0.15) is 0 Å². The first kappa shape index (κ1) is 29.6. The molecule has 5 aromatic rings. The molecule has 1 N–H and O–H groups in total. The lowest BCUT2D eigenvalue weighted by Crippen LogP contribution is -2.11. The van der Waals surface area contributed by atoms with Crippen molar-refractivity contribution in [3.8, 4) is 28.4 Å². The number of phenolic OH excluding ortho intramolecular Hbond substituents is 1. The number of fused-ring (bicyclic) bond motifs is 1. The lowest BCUT2D eigenvalue weighted by molar-refractivity contribution is 0.459. The summed E-state index contributed by atoms with van der Waals surface area (Å²) in [7, 11) is 0. The van der Waals surface area contributed by atoms with E-state index < -0.39 is 15.9 Å². The summed E-state index contributed by atoms with van der Waals surface area (Å²) in [6.45, 7) is 13.9. The van der Waals surface area contributed by atoms with Crippen molar-refractivity contribution in [2.24, 2.45) is 4.99 Å². The van der Waals surface area contributed by atoms with Gasteiger partial charge in [-0.3, -0.25) is 4.99 Å². The molecule has 0 unspecified atom stereocenters. The average Bonchev–Trinajstić information content (AvgIpc) is 2.96. The van der Waals surface area contributed by atoms with Gasteiger partial charge in [0.05, 0.1) is 5.75 Å². The lowest BCUT2D eigenvalue weighted by Gasteiger charge is -2.13. The summed E-state index contributed by atoms with van der Waals surface area (Å²) >= 11 is -0.688. The summed E-state index contributed by atoms with van der Waals surface area (Å²) in [4.78, 5) is 8.82. The van der Waals surface area contributed by atoms with E-state index in [9.17, 15) is 5.11 Å². The molecule has 205 valence electrons. The molecule has 6 heteroatoms. The van der Waals surface area contributed by atoms with E-state index in [4.69, 9.17) is 7.58 Å². The quantitative estimate of drug-likeness (QED) is 0.160. The number of aliphatic imine (C=N–C) groups is 1. The minimum Gasteiger partial charge on any atom is -0.616 e. The van der Waals surface area contributed by atoms with Crippen LogP contribution in [0.1, 0.15) is 37.6 Å². The van der Waals surface area contributed by atoms with Crippen LogP contribution in [-0.4, -0.2) is 31.7 Å². The molecule has 5 rings (SSSR count). The van der Waals surface area contributed by atoms with E-state index in [1.54, 1.807) is 6.07 Å². The molecule has 0 spiro atoms. The molecule has 0 saturated carbocycles. The molecule has 0 atom stereocenters. The van der Waals surface area contributed by atoms with Crippen LogP contribution < -0.4 is 7.58 Å². The summed E-state index contributed by atoms with van der Waals surface area (Å²) in [5, 5.41) is 10.4. The highest BCUT2D eigenvalue weighted by molar-refractivity contribution is 6.21. The van der Waals surface area contributed by atoms with Gasteiger partial charge in [-0.15, -0.1) is 0 Å². The number of allylic oxidation sites excluding steroid dienone is 1. The van der Waals surface area contributed by atoms with E-state index in [0.29, 0.717) is 5.52 Å². The van der Waals surface area contributed by atoms with Crippen molar-refractivity contribution >= 4 is 43.8 Å². The number of nitrogens with zero attached hydrogens (tertiary/aromatic N) is 2. The fraction of sp³-hybridized carbons (Fsp3) is 0.143. The van der Waals surface area contributed by atoms with E-state index in [1.165, 1.54) is 0 Å². The van der Waals surface area contributed by atoms with Gasteiger partial charge in [-0.05, 0) is 93.3 Å². The van der Waals surface area contributed by atoms with Crippen LogP contribution in [0.2, 0.25) is 0 Å². The molecule has 5 nitrogen and oxygen atoms in total. The van der Waals surface area contributed by atoms with E-state index in [-0.39, 0.29) is 5.75 Å². The maximum absolute atomic E-state index is 9.43. The number of pyridine rings is 1. The van der Waals surface area contributed by atoms with Crippen molar-refractivity contribution < 1.29 is 12.7 Å². The first-order chi connectivity index (χ1) is 19.7. The fourth-order valence-corrected chi connectivity index (χ4v) is 4.75. The molecule has 0 aliphatic heterocycles. The molecular weight excluding hydrogens is 523 g/mol. The Morgan fingerprint density at radius 3 is 2.27 bits per heavy atom. The second-order valence-electron chi connectivity index (χ2n) is 10.00. The van der Waals surface area contributed by atoms with Gasteiger partial charge in [0.2, 0.25) is 0 Å². The van der Waals surface area contributed by atoms with Gasteiger partial charge in [0, 0.05) is 16.8 Å². The Balaban J connectivity index is 0.000000267. The molecule has 0 fully saturated rings. The number of aromatic nitrogens is 1. The van der Waals surface area contributed by atoms with Crippen molar-refractivity contribution in [3.05, 3.63) is 120 Å². The van der Waals surface area contributed by atoms with Gasteiger partial charge in [0.25, 0.3) is 0 Å². The normalized spacial score (nSPS) is 10.3. The standard InChI is InChI=1S/C15H14O.C10H9NO.C10H13NO.Al/c1-11(2)13-4-3-5-14(10-13)12-6-8-15(16)9-7-12;1-7-5-6-8-3-2-4-9(12)10(8)11-7;1-7(2)11-10-8(3)5-4-6-9(10)12;/h3-10,16H,1H2,2H3;2-6,12H,1H3;4-6,12H,1-3H3;/q;;;+2/p-2. The predicted molar refractivity (Wildman–Crippen MR) is 171 cm³/mol. The first-order valence-electron chi connectivity index (χ1n) is 13.4. The molecular formula is C35H34AlN2O3. The summed E-state index contributed by atoms with van der Waals surface area (Å²) < 4.78 is 11.8. The Morgan fingerprint density at radius 2 is 1.54 bits per heavy atom. The average molecular weight is 558 g/mol. The van der Waals surface area contributed by atoms with Crippen LogP contribution in [0.25, 0.3) is 27.6 Å². The van der Waals surface area contributed by atoms with Crippen molar-refractivity contribution in [2.75, 3.05) is 0 Å². The highest BCUT2D eigenvalue weighted by Crippen LogP contribution is 2.31. The zero-order chi connectivity index (χ0) is 29.4. The molecule has 0 bridgehead atoms. The predicted octanol–water partition coefficient (Wildman–Crippen LogP) is 9.05. The van der Waals surface area contributed by atoms with E-state index >= 15 is 0 Å². The number of aryl methyl sites for hydroxylation is 2. The molecule has 0 aliphatic rings. The van der Waals surface area contributed by atoms with Crippen LogP contribution in [0.3, 0.4) is 0 Å². The molecule has 0 amide bonds. The molecule has 4 aromatic carbocycles. The van der Waals surface area contributed by atoms with Gasteiger partial charge < -0.3 is 12.7 Å². The molecule has 41 heavy (non-hydrogen) atoms. The van der Waals surface area contributed by atoms with Gasteiger partial charge >= 0.3 is 15.9 Å². The minimum absolute atomic E-state index is 0.246. The number of phenols is 1. The first-order valence-corrected chi connectivity index (χ1v) is 14.3. The zero-order valence-corrected chi connectivity index (χ0v) is 25.3. The van der Waals surface area contributed by atoms with Crippen molar-refractivity contribution in [2.45, 2.75) is 34.6 Å². The summed E-state index contributed by atoms with van der Waals surface area (Å²) in [6, 6.07) is 31.7. The molecule has 0 saturated heterocycles. The number of hydrogen-bond acceptors (Lipinski definition) is 5. The van der Waals surface area contributed by atoms with Crippen LogP contribution in [0.15, 0.2) is 109 Å². The monoisotopic (exact) mass is 557 g/mol. The van der Waals surface area contributed by atoms with E-state index in [2.05, 4.69) is 53.0 Å². The third-order valence-electron chi connectivity index (χ3n) is 6.28. The van der Waals surface area contributed by atoms with Crippen molar-refractivity contribution in [1.82, 2.24) is 4.98 Å². The highest BCUT2D eigenvalue weighted by atomic mass is 27.2. The SMILES string of the molecule is C=C(C)c1cccc(-c2ccc([O][Al][O]c3cccc(C)c3N=C(C)C)cc2)c1.Cc1ccc2cccc(O)c2n1. The molecule has 1 aromatic heterocycles. The maximum atomic E-state index is 9.43. The van der Waals surface area contributed by atoms with Gasteiger partial charge in [0.1, 0.15) is 22.7 Å². The Labute approximate surface area is 249 Å². The van der Waals surface area contributed by atoms with Crippen molar-refractivity contribution in [3.63, 3.8) is 0 Å². The third-order valence-corrected chi connectivity index (χ3v) is 7.00. The van der Waals surface area contributed by atoms with Crippen LogP contribution in [-0.2, 0) is 0 Å². The Kier molecular flexibility index (Phi) is 9.97. The van der Waals surface area contributed by atoms with E-state index in [0.717, 1.165) is 61.8 Å².